The average Bonchev–Trinajstić information content (AvgIpc) is 2.98. The van der Waals surface area contributed by atoms with Crippen LogP contribution in [0.3, 0.4) is 0 Å². The Morgan fingerprint density at radius 2 is 1.45 bits per heavy atom. The number of carbonyl (C=O) groups is 2. The standard InChI is InChI=1S/C22H23F3N2O2/c23-22(24,25)19-10-5-4-9-18(19)21(29)27-14-6-13-26(15-16-27)20(28)12-11-17-7-2-1-3-8-17/h1-5,7-10H,6,11-16H2. The van der Waals surface area contributed by atoms with E-state index in [-0.39, 0.29) is 18.0 Å². The molecule has 4 nitrogen and oxygen atoms in total. The van der Waals surface area contributed by atoms with Crippen LogP contribution in [0.25, 0.3) is 0 Å². The summed E-state index contributed by atoms with van der Waals surface area (Å²) in [7, 11) is 0. The van der Waals surface area contributed by atoms with E-state index in [9.17, 15) is 22.8 Å². The molecule has 2 aromatic rings. The minimum absolute atomic E-state index is 0.00107. The number of halogens is 3. The number of aryl methyl sites for hydroxylation is 1. The van der Waals surface area contributed by atoms with Crippen LogP contribution in [0.4, 0.5) is 13.2 Å². The van der Waals surface area contributed by atoms with Crippen molar-refractivity contribution in [2.75, 3.05) is 26.2 Å². The van der Waals surface area contributed by atoms with Crippen molar-refractivity contribution >= 4 is 11.8 Å². The third-order valence-corrected chi connectivity index (χ3v) is 5.07. The van der Waals surface area contributed by atoms with E-state index in [0.29, 0.717) is 38.9 Å². The van der Waals surface area contributed by atoms with Crippen molar-refractivity contribution < 1.29 is 22.8 Å². The van der Waals surface area contributed by atoms with E-state index in [4.69, 9.17) is 0 Å². The fourth-order valence-corrected chi connectivity index (χ4v) is 3.51. The Balaban J connectivity index is 1.61. The molecule has 0 saturated carbocycles. The van der Waals surface area contributed by atoms with Crippen molar-refractivity contribution in [2.45, 2.75) is 25.4 Å². The fourth-order valence-electron chi connectivity index (χ4n) is 3.51. The van der Waals surface area contributed by atoms with Crippen molar-refractivity contribution in [3.63, 3.8) is 0 Å². The highest BCUT2D eigenvalue weighted by molar-refractivity contribution is 5.96. The molecule has 29 heavy (non-hydrogen) atoms. The Bertz CT molecular complexity index is 853. The summed E-state index contributed by atoms with van der Waals surface area (Å²) < 4.78 is 39.7. The molecule has 3 rings (SSSR count). The molecule has 154 valence electrons. The minimum Gasteiger partial charge on any atom is -0.341 e. The van der Waals surface area contributed by atoms with Crippen LogP contribution in [0.5, 0.6) is 0 Å². The first kappa shape index (κ1) is 20.9. The van der Waals surface area contributed by atoms with Crippen molar-refractivity contribution in [2.24, 2.45) is 0 Å². The molecule has 7 heteroatoms. The number of benzene rings is 2. The Kier molecular flexibility index (Phi) is 6.56. The Morgan fingerprint density at radius 1 is 0.828 bits per heavy atom. The van der Waals surface area contributed by atoms with Crippen LogP contribution >= 0.6 is 0 Å². The maximum Gasteiger partial charge on any atom is 0.417 e. The van der Waals surface area contributed by atoms with Gasteiger partial charge >= 0.3 is 6.18 Å². The van der Waals surface area contributed by atoms with Crippen LogP contribution in [0.15, 0.2) is 54.6 Å². The smallest absolute Gasteiger partial charge is 0.341 e. The van der Waals surface area contributed by atoms with E-state index in [1.165, 1.54) is 23.1 Å². The van der Waals surface area contributed by atoms with Gasteiger partial charge in [0.1, 0.15) is 0 Å². The first-order valence-corrected chi connectivity index (χ1v) is 9.63. The molecule has 1 aliphatic rings. The number of nitrogens with zero attached hydrogens (tertiary/aromatic N) is 2. The number of hydrogen-bond acceptors (Lipinski definition) is 2. The van der Waals surface area contributed by atoms with Gasteiger partial charge in [-0.2, -0.15) is 13.2 Å². The molecule has 2 amide bonds. The van der Waals surface area contributed by atoms with Gasteiger partial charge in [-0.1, -0.05) is 42.5 Å². The molecule has 0 unspecified atom stereocenters. The molecular formula is C22H23F3N2O2. The van der Waals surface area contributed by atoms with Gasteiger partial charge in [-0.25, -0.2) is 0 Å². The lowest BCUT2D eigenvalue weighted by molar-refractivity contribution is -0.138. The predicted molar refractivity (Wildman–Crippen MR) is 103 cm³/mol. The Morgan fingerprint density at radius 3 is 2.17 bits per heavy atom. The van der Waals surface area contributed by atoms with E-state index < -0.39 is 17.6 Å². The van der Waals surface area contributed by atoms with Crippen LogP contribution < -0.4 is 0 Å². The van der Waals surface area contributed by atoms with Crippen molar-refractivity contribution in [3.05, 3.63) is 71.3 Å². The van der Waals surface area contributed by atoms with Gasteiger partial charge < -0.3 is 9.80 Å². The summed E-state index contributed by atoms with van der Waals surface area (Å²) in [6, 6.07) is 14.5. The van der Waals surface area contributed by atoms with Crippen molar-refractivity contribution in [1.29, 1.82) is 0 Å². The first-order chi connectivity index (χ1) is 13.9. The van der Waals surface area contributed by atoms with E-state index in [1.54, 1.807) is 4.90 Å². The van der Waals surface area contributed by atoms with Crippen LogP contribution in [0.2, 0.25) is 0 Å². The second-order valence-corrected chi connectivity index (χ2v) is 7.06. The SMILES string of the molecule is O=C(CCc1ccccc1)N1CCCN(C(=O)c2ccccc2C(F)(F)F)CC1. The molecule has 0 N–H and O–H groups in total. The number of hydrogen-bond donors (Lipinski definition) is 0. The summed E-state index contributed by atoms with van der Waals surface area (Å²) in [6.07, 6.45) is -3.04. The molecule has 0 spiro atoms. The first-order valence-electron chi connectivity index (χ1n) is 9.63. The lowest BCUT2D eigenvalue weighted by Crippen LogP contribution is -2.38. The monoisotopic (exact) mass is 404 g/mol. The van der Waals surface area contributed by atoms with Gasteiger partial charge in [0.25, 0.3) is 5.91 Å². The van der Waals surface area contributed by atoms with Gasteiger partial charge in [0.15, 0.2) is 0 Å². The van der Waals surface area contributed by atoms with Crippen molar-refractivity contribution in [3.8, 4) is 0 Å². The van der Waals surface area contributed by atoms with E-state index >= 15 is 0 Å². The maximum atomic E-state index is 13.2. The quantitative estimate of drug-likeness (QED) is 0.773. The molecule has 0 bridgehead atoms. The van der Waals surface area contributed by atoms with Crippen molar-refractivity contribution in [1.82, 2.24) is 9.80 Å². The Labute approximate surface area is 167 Å². The molecule has 2 aromatic carbocycles. The summed E-state index contributed by atoms with van der Waals surface area (Å²) in [5.74, 6) is -0.643. The molecule has 1 fully saturated rings. The van der Waals surface area contributed by atoms with Gasteiger partial charge in [-0.15, -0.1) is 0 Å². The van der Waals surface area contributed by atoms with Crippen LogP contribution in [-0.4, -0.2) is 47.8 Å². The molecular weight excluding hydrogens is 381 g/mol. The highest BCUT2D eigenvalue weighted by atomic mass is 19.4. The van der Waals surface area contributed by atoms with Gasteiger partial charge in [-0.3, -0.25) is 9.59 Å². The summed E-state index contributed by atoms with van der Waals surface area (Å²) >= 11 is 0. The minimum atomic E-state index is -4.59. The lowest BCUT2D eigenvalue weighted by Gasteiger charge is -2.23. The van der Waals surface area contributed by atoms with Gasteiger partial charge in [0.2, 0.25) is 5.91 Å². The molecule has 0 aliphatic carbocycles. The highest BCUT2D eigenvalue weighted by Gasteiger charge is 2.36. The summed E-state index contributed by atoms with van der Waals surface area (Å²) in [5.41, 5.74) is -0.190. The molecule has 0 aromatic heterocycles. The molecule has 0 radical (unpaired) electrons. The molecule has 0 atom stereocenters. The second-order valence-electron chi connectivity index (χ2n) is 7.06. The van der Waals surface area contributed by atoms with E-state index in [1.807, 2.05) is 30.3 Å². The number of amides is 2. The maximum absolute atomic E-state index is 13.2. The lowest BCUT2D eigenvalue weighted by atomic mass is 10.1. The predicted octanol–water partition coefficient (Wildman–Crippen LogP) is 4.01. The third-order valence-electron chi connectivity index (χ3n) is 5.07. The summed E-state index contributed by atoms with van der Waals surface area (Å²) in [5, 5.41) is 0. The molecule has 1 saturated heterocycles. The van der Waals surface area contributed by atoms with Crippen LogP contribution in [-0.2, 0) is 17.4 Å². The van der Waals surface area contributed by atoms with Gasteiger partial charge in [0.05, 0.1) is 11.1 Å². The average molecular weight is 404 g/mol. The highest BCUT2D eigenvalue weighted by Crippen LogP contribution is 2.32. The number of carbonyl (C=O) groups excluding carboxylic acids is 2. The zero-order valence-electron chi connectivity index (χ0n) is 16.0. The third kappa shape index (κ3) is 5.37. The normalized spacial score (nSPS) is 15.1. The van der Waals surface area contributed by atoms with E-state index in [0.717, 1.165) is 11.6 Å². The second kappa shape index (κ2) is 9.11. The number of rotatable bonds is 4. The zero-order chi connectivity index (χ0) is 20.9. The van der Waals surface area contributed by atoms with Gasteiger partial charge in [0, 0.05) is 32.6 Å². The molecule has 1 aliphatic heterocycles. The largest absolute Gasteiger partial charge is 0.417 e. The molecule has 1 heterocycles. The number of alkyl halides is 3. The summed E-state index contributed by atoms with van der Waals surface area (Å²) in [6.45, 7) is 1.38. The Hall–Kier alpha value is -2.83. The van der Waals surface area contributed by atoms with Crippen LogP contribution in [0.1, 0.15) is 34.3 Å². The fraction of sp³-hybridized carbons (Fsp3) is 0.364. The van der Waals surface area contributed by atoms with Crippen LogP contribution in [0, 0.1) is 0 Å². The zero-order valence-corrected chi connectivity index (χ0v) is 16.0. The van der Waals surface area contributed by atoms with E-state index in [2.05, 4.69) is 0 Å². The topological polar surface area (TPSA) is 40.6 Å². The summed E-state index contributed by atoms with van der Waals surface area (Å²) in [4.78, 5) is 28.4. The van der Waals surface area contributed by atoms with Gasteiger partial charge in [-0.05, 0) is 30.5 Å².